The molecular formula is C12H19NO. The van der Waals surface area contributed by atoms with Gasteiger partial charge in [0, 0.05) is 18.2 Å². The van der Waals surface area contributed by atoms with Gasteiger partial charge in [-0.15, -0.1) is 0 Å². The quantitative estimate of drug-likeness (QED) is 0.628. The number of aliphatic imine (C=N–C) groups is 1. The molecule has 0 aromatic heterocycles. The third-order valence-corrected chi connectivity index (χ3v) is 4.52. The van der Waals surface area contributed by atoms with Crippen LogP contribution in [0.5, 0.6) is 0 Å². The van der Waals surface area contributed by atoms with Crippen molar-refractivity contribution >= 4 is 5.71 Å². The summed E-state index contributed by atoms with van der Waals surface area (Å²) in [6.07, 6.45) is 6.72. The molecule has 3 aliphatic rings. The van der Waals surface area contributed by atoms with E-state index < -0.39 is 0 Å². The summed E-state index contributed by atoms with van der Waals surface area (Å²) in [5.41, 5.74) is 1.32. The highest BCUT2D eigenvalue weighted by Gasteiger charge is 2.55. The monoisotopic (exact) mass is 193 g/mol. The first-order valence-corrected chi connectivity index (χ1v) is 5.87. The van der Waals surface area contributed by atoms with E-state index >= 15 is 0 Å². The molecule has 2 nitrogen and oxygen atoms in total. The Hall–Kier alpha value is -0.370. The molecule has 2 saturated carbocycles. The van der Waals surface area contributed by atoms with Crippen LogP contribution in [0.1, 0.15) is 45.4 Å². The Kier molecular flexibility index (Phi) is 1.65. The minimum absolute atomic E-state index is 0.363. The van der Waals surface area contributed by atoms with E-state index in [-0.39, 0.29) is 5.60 Å². The zero-order valence-electron chi connectivity index (χ0n) is 8.92. The maximum atomic E-state index is 10.6. The zero-order chi connectivity index (χ0) is 9.81. The molecule has 3 atom stereocenters. The molecule has 0 spiro atoms. The standard InChI is InChI=1S/C12H19NO/c1-11-4-5-12(14,8-11)9-3-2-6-13-10(9)7-11/h9,14H,2-8H2,1H3/t9-,11+,12-/m1/s1. The first kappa shape index (κ1) is 8.90. The van der Waals surface area contributed by atoms with Crippen molar-refractivity contribution < 1.29 is 5.11 Å². The van der Waals surface area contributed by atoms with E-state index in [1.807, 2.05) is 0 Å². The molecule has 0 aromatic carbocycles. The summed E-state index contributed by atoms with van der Waals surface area (Å²) < 4.78 is 0. The molecule has 2 bridgehead atoms. The van der Waals surface area contributed by atoms with Gasteiger partial charge in [0.15, 0.2) is 0 Å². The van der Waals surface area contributed by atoms with Gasteiger partial charge in [-0.2, -0.15) is 0 Å². The topological polar surface area (TPSA) is 32.6 Å². The van der Waals surface area contributed by atoms with Crippen LogP contribution in [0.25, 0.3) is 0 Å². The van der Waals surface area contributed by atoms with Gasteiger partial charge < -0.3 is 5.11 Å². The van der Waals surface area contributed by atoms with E-state index in [4.69, 9.17) is 0 Å². The Balaban J connectivity index is 2.01. The van der Waals surface area contributed by atoms with Gasteiger partial charge in [-0.1, -0.05) is 6.92 Å². The normalized spacial score (nSPS) is 51.3. The van der Waals surface area contributed by atoms with E-state index in [0.29, 0.717) is 11.3 Å². The highest BCUT2D eigenvalue weighted by Crippen LogP contribution is 2.56. The van der Waals surface area contributed by atoms with Crippen LogP contribution in [0.15, 0.2) is 4.99 Å². The van der Waals surface area contributed by atoms with Crippen molar-refractivity contribution in [1.29, 1.82) is 0 Å². The first-order valence-electron chi connectivity index (χ1n) is 5.87. The third-order valence-electron chi connectivity index (χ3n) is 4.52. The third kappa shape index (κ3) is 1.10. The van der Waals surface area contributed by atoms with Crippen LogP contribution in [0.3, 0.4) is 0 Å². The molecule has 0 radical (unpaired) electrons. The minimum atomic E-state index is -0.383. The van der Waals surface area contributed by atoms with Crippen LogP contribution in [0.2, 0.25) is 0 Å². The number of nitrogens with zero attached hydrogens (tertiary/aromatic N) is 1. The summed E-state index contributed by atoms with van der Waals surface area (Å²) in [5.74, 6) is 0.409. The lowest BCUT2D eigenvalue weighted by molar-refractivity contribution is -0.0112. The first-order chi connectivity index (χ1) is 6.61. The molecule has 2 aliphatic carbocycles. The van der Waals surface area contributed by atoms with Crippen molar-refractivity contribution in [1.82, 2.24) is 0 Å². The molecule has 0 saturated heterocycles. The molecule has 3 rings (SSSR count). The number of hydrogen-bond acceptors (Lipinski definition) is 2. The number of fused-ring (bicyclic) bond motifs is 4. The molecule has 1 aliphatic heterocycles. The molecule has 78 valence electrons. The van der Waals surface area contributed by atoms with Gasteiger partial charge in [0.2, 0.25) is 0 Å². The fraction of sp³-hybridized carbons (Fsp3) is 0.917. The molecule has 2 heteroatoms. The van der Waals surface area contributed by atoms with E-state index in [0.717, 1.165) is 25.8 Å². The highest BCUT2D eigenvalue weighted by atomic mass is 16.3. The maximum Gasteiger partial charge on any atom is 0.0733 e. The highest BCUT2D eigenvalue weighted by molar-refractivity contribution is 5.90. The maximum absolute atomic E-state index is 10.6. The lowest BCUT2D eigenvalue weighted by atomic mass is 9.67. The number of aliphatic hydroxyl groups is 1. The fourth-order valence-electron chi connectivity index (χ4n) is 3.87. The summed E-state index contributed by atoms with van der Waals surface area (Å²) >= 11 is 0. The van der Waals surface area contributed by atoms with E-state index in [1.54, 1.807) is 0 Å². The number of hydrogen-bond donors (Lipinski definition) is 1. The summed E-state index contributed by atoms with van der Waals surface area (Å²) in [6, 6.07) is 0. The van der Waals surface area contributed by atoms with Crippen LogP contribution < -0.4 is 0 Å². The molecule has 2 fully saturated rings. The summed E-state index contributed by atoms with van der Waals surface area (Å²) in [6.45, 7) is 3.32. The Morgan fingerprint density at radius 3 is 3.14 bits per heavy atom. The lowest BCUT2D eigenvalue weighted by Crippen LogP contribution is -2.47. The SMILES string of the molecule is C[C@@]12CC[C@@](O)(C1)[C@@H]1CCCN=C1C2. The Bertz CT molecular complexity index is 299. The molecule has 1 N–H and O–H groups in total. The van der Waals surface area contributed by atoms with Crippen LogP contribution in [0.4, 0.5) is 0 Å². The lowest BCUT2D eigenvalue weighted by Gasteiger charge is -2.43. The fourth-order valence-corrected chi connectivity index (χ4v) is 3.87. The van der Waals surface area contributed by atoms with Gasteiger partial charge in [0.05, 0.1) is 5.60 Å². The smallest absolute Gasteiger partial charge is 0.0733 e. The van der Waals surface area contributed by atoms with Crippen molar-refractivity contribution in [2.75, 3.05) is 6.54 Å². The predicted octanol–water partition coefficient (Wildman–Crippen LogP) is 2.16. The van der Waals surface area contributed by atoms with E-state index in [9.17, 15) is 5.11 Å². The Morgan fingerprint density at radius 2 is 2.29 bits per heavy atom. The van der Waals surface area contributed by atoms with Gasteiger partial charge in [0.1, 0.15) is 0 Å². The van der Waals surface area contributed by atoms with Crippen LogP contribution in [-0.4, -0.2) is 23.0 Å². The Labute approximate surface area is 85.4 Å². The van der Waals surface area contributed by atoms with Crippen LogP contribution in [-0.2, 0) is 0 Å². The van der Waals surface area contributed by atoms with Crippen LogP contribution >= 0.6 is 0 Å². The van der Waals surface area contributed by atoms with Crippen molar-refractivity contribution in [2.45, 2.75) is 51.0 Å². The van der Waals surface area contributed by atoms with Gasteiger partial charge in [-0.3, -0.25) is 4.99 Å². The minimum Gasteiger partial charge on any atom is -0.389 e. The Morgan fingerprint density at radius 1 is 1.43 bits per heavy atom. The van der Waals surface area contributed by atoms with Crippen molar-refractivity contribution in [3.05, 3.63) is 0 Å². The van der Waals surface area contributed by atoms with Crippen LogP contribution in [0, 0.1) is 11.3 Å². The van der Waals surface area contributed by atoms with Crippen molar-refractivity contribution in [3.8, 4) is 0 Å². The van der Waals surface area contributed by atoms with E-state index in [1.165, 1.54) is 25.0 Å². The average Bonchev–Trinajstić information content (AvgIpc) is 2.39. The summed E-state index contributed by atoms with van der Waals surface area (Å²) in [4.78, 5) is 4.64. The number of rotatable bonds is 0. The van der Waals surface area contributed by atoms with Gasteiger partial charge >= 0.3 is 0 Å². The van der Waals surface area contributed by atoms with E-state index in [2.05, 4.69) is 11.9 Å². The zero-order valence-corrected chi connectivity index (χ0v) is 8.92. The average molecular weight is 193 g/mol. The second kappa shape index (κ2) is 2.60. The van der Waals surface area contributed by atoms with Gasteiger partial charge in [-0.05, 0) is 43.9 Å². The molecule has 0 amide bonds. The molecule has 0 aromatic rings. The van der Waals surface area contributed by atoms with Crippen molar-refractivity contribution in [2.24, 2.45) is 16.3 Å². The molecule has 14 heavy (non-hydrogen) atoms. The molecular weight excluding hydrogens is 174 g/mol. The summed E-state index contributed by atoms with van der Waals surface area (Å²) in [5, 5.41) is 10.6. The largest absolute Gasteiger partial charge is 0.389 e. The molecule has 0 unspecified atom stereocenters. The van der Waals surface area contributed by atoms with Gasteiger partial charge in [0.25, 0.3) is 0 Å². The molecule has 1 heterocycles. The van der Waals surface area contributed by atoms with Crippen molar-refractivity contribution in [3.63, 3.8) is 0 Å². The summed E-state index contributed by atoms with van der Waals surface area (Å²) in [7, 11) is 0. The predicted molar refractivity (Wildman–Crippen MR) is 56.6 cm³/mol. The second-order valence-electron chi connectivity index (χ2n) is 5.84. The second-order valence-corrected chi connectivity index (χ2v) is 5.84. The van der Waals surface area contributed by atoms with Gasteiger partial charge in [-0.25, -0.2) is 0 Å².